The lowest BCUT2D eigenvalue weighted by molar-refractivity contribution is 0.226. The van der Waals surface area contributed by atoms with Gasteiger partial charge in [-0.25, -0.2) is 9.59 Å². The third kappa shape index (κ3) is 7.77. The van der Waals surface area contributed by atoms with Crippen molar-refractivity contribution in [3.05, 3.63) is 0 Å². The van der Waals surface area contributed by atoms with Gasteiger partial charge in [0, 0.05) is 19.8 Å². The van der Waals surface area contributed by atoms with Gasteiger partial charge in [-0.1, -0.05) is 13.3 Å². The monoisotopic (exact) mass is 276 g/mol. The number of amidine groups is 1. The van der Waals surface area contributed by atoms with Crippen LogP contribution >= 0.6 is 11.9 Å². The van der Waals surface area contributed by atoms with Crippen molar-refractivity contribution in [1.29, 1.82) is 0 Å². The minimum atomic E-state index is -0.509. The molecule has 0 fully saturated rings. The van der Waals surface area contributed by atoms with Gasteiger partial charge in [0.15, 0.2) is 0 Å². The summed E-state index contributed by atoms with van der Waals surface area (Å²) in [5.41, 5.74) is 0. The zero-order valence-corrected chi connectivity index (χ0v) is 12.0. The summed E-state index contributed by atoms with van der Waals surface area (Å²) in [7, 11) is 4.44. The number of ether oxygens (including phenoxy) is 1. The summed E-state index contributed by atoms with van der Waals surface area (Å²) >= 11 is 1.30. The van der Waals surface area contributed by atoms with Crippen LogP contribution in [0.5, 0.6) is 0 Å². The third-order valence-corrected chi connectivity index (χ3v) is 2.58. The molecular weight excluding hydrogens is 256 g/mol. The zero-order valence-electron chi connectivity index (χ0n) is 11.1. The summed E-state index contributed by atoms with van der Waals surface area (Å²) in [5.74, 6) is 0.833. The minimum absolute atomic E-state index is 0.137. The molecule has 104 valence electrons. The number of amides is 4. The van der Waals surface area contributed by atoms with Crippen molar-refractivity contribution in [3.8, 4) is 0 Å². The van der Waals surface area contributed by atoms with Crippen molar-refractivity contribution >= 4 is 30.0 Å². The number of hydrogen-bond donors (Lipinski definition) is 2. The Kier molecular flexibility index (Phi) is 8.81. The maximum atomic E-state index is 11.4. The molecule has 0 aliphatic rings. The van der Waals surface area contributed by atoms with Gasteiger partial charge in [0.2, 0.25) is 0 Å². The summed E-state index contributed by atoms with van der Waals surface area (Å²) in [6, 6.07) is -1.11. The second-order valence-electron chi connectivity index (χ2n) is 3.56. The predicted octanol–water partition coefficient (Wildman–Crippen LogP) is 1.42. The van der Waals surface area contributed by atoms with Crippen LogP contribution in [0.3, 0.4) is 0 Å². The number of urea groups is 2. The number of carbonyl (C=O) groups is 2. The van der Waals surface area contributed by atoms with E-state index in [1.165, 1.54) is 24.0 Å². The van der Waals surface area contributed by atoms with Crippen LogP contribution in [0, 0.1) is 0 Å². The molecular formula is C10H20N4O3S. The van der Waals surface area contributed by atoms with Gasteiger partial charge in [-0.05, 0) is 18.4 Å². The Bertz CT molecular complexity index is 307. The van der Waals surface area contributed by atoms with E-state index in [2.05, 4.69) is 22.0 Å². The number of hydrogen-bond acceptors (Lipinski definition) is 4. The van der Waals surface area contributed by atoms with E-state index in [4.69, 9.17) is 4.74 Å². The quantitative estimate of drug-likeness (QED) is 0.352. The lowest BCUT2D eigenvalue weighted by atomic mass is 10.4. The van der Waals surface area contributed by atoms with Gasteiger partial charge in [0.25, 0.3) is 0 Å². The van der Waals surface area contributed by atoms with Crippen LogP contribution in [0.4, 0.5) is 9.59 Å². The van der Waals surface area contributed by atoms with Crippen molar-refractivity contribution < 1.29 is 14.3 Å². The summed E-state index contributed by atoms with van der Waals surface area (Å²) in [4.78, 5) is 27.5. The van der Waals surface area contributed by atoms with Crippen molar-refractivity contribution in [2.75, 3.05) is 27.0 Å². The van der Waals surface area contributed by atoms with Gasteiger partial charge in [-0.15, -0.1) is 4.99 Å². The van der Waals surface area contributed by atoms with Gasteiger partial charge in [0.05, 0.1) is 7.11 Å². The molecule has 0 aliphatic heterocycles. The number of nitrogens with zero attached hydrogens (tertiary/aromatic N) is 2. The second-order valence-corrected chi connectivity index (χ2v) is 4.46. The summed E-state index contributed by atoms with van der Waals surface area (Å²) in [5, 5.41) is 2.34. The Hall–Kier alpha value is -1.44. The number of methoxy groups -OCH3 is 1. The van der Waals surface area contributed by atoms with E-state index < -0.39 is 12.1 Å². The standard InChI is InChI=1S/C10H20N4O3S/c1-5-6-7-18-13-8(15)11-9(17-4)12-10(16)14(2)3/h5-7H2,1-4H3,(H2,11,12,13,15,16). The normalized spacial score (nSPS) is 10.8. The zero-order chi connectivity index (χ0) is 14.0. The Morgan fingerprint density at radius 1 is 1.39 bits per heavy atom. The highest BCUT2D eigenvalue weighted by atomic mass is 32.2. The fourth-order valence-corrected chi connectivity index (χ4v) is 1.48. The highest BCUT2D eigenvalue weighted by Crippen LogP contribution is 1.98. The van der Waals surface area contributed by atoms with E-state index in [1.54, 1.807) is 14.1 Å². The molecule has 0 spiro atoms. The lowest BCUT2D eigenvalue weighted by Crippen LogP contribution is -2.38. The van der Waals surface area contributed by atoms with Crippen LogP contribution < -0.4 is 10.0 Å². The van der Waals surface area contributed by atoms with E-state index in [9.17, 15) is 9.59 Å². The minimum Gasteiger partial charge on any atom is -0.468 e. The average Bonchev–Trinajstić information content (AvgIpc) is 2.33. The number of unbranched alkanes of at least 4 members (excludes halogenated alkanes) is 1. The Morgan fingerprint density at radius 2 is 2.06 bits per heavy atom. The second kappa shape index (κ2) is 9.58. The molecule has 0 rings (SSSR count). The molecule has 18 heavy (non-hydrogen) atoms. The highest BCUT2D eigenvalue weighted by Gasteiger charge is 2.09. The molecule has 0 aromatic rings. The first-order chi connectivity index (χ1) is 8.51. The van der Waals surface area contributed by atoms with Gasteiger partial charge in [-0.3, -0.25) is 10.0 Å². The van der Waals surface area contributed by atoms with Crippen molar-refractivity contribution in [2.45, 2.75) is 19.8 Å². The van der Waals surface area contributed by atoms with Gasteiger partial charge < -0.3 is 9.64 Å². The molecule has 8 heteroatoms. The molecule has 0 saturated heterocycles. The molecule has 0 bridgehead atoms. The number of aliphatic imine (C=N–C) groups is 1. The number of rotatable bonds is 4. The highest BCUT2D eigenvalue weighted by molar-refractivity contribution is 7.97. The first kappa shape index (κ1) is 16.6. The van der Waals surface area contributed by atoms with Crippen LogP contribution in [0.25, 0.3) is 0 Å². The predicted molar refractivity (Wildman–Crippen MR) is 72.6 cm³/mol. The topological polar surface area (TPSA) is 83.0 Å². The van der Waals surface area contributed by atoms with E-state index in [1.807, 2.05) is 0 Å². The first-order valence-corrected chi connectivity index (χ1v) is 6.52. The van der Waals surface area contributed by atoms with Crippen molar-refractivity contribution in [1.82, 2.24) is 14.9 Å². The Balaban J connectivity index is 4.12. The Labute approximate surface area is 111 Å². The molecule has 0 aromatic heterocycles. The molecule has 0 aliphatic carbocycles. The first-order valence-electron chi connectivity index (χ1n) is 5.54. The van der Waals surface area contributed by atoms with Crippen molar-refractivity contribution in [3.63, 3.8) is 0 Å². The lowest BCUT2D eigenvalue weighted by Gasteiger charge is -2.09. The fraction of sp³-hybridized carbons (Fsp3) is 0.700. The maximum absolute atomic E-state index is 11.4. The molecule has 0 saturated carbocycles. The van der Waals surface area contributed by atoms with Crippen LogP contribution in [0.2, 0.25) is 0 Å². The van der Waals surface area contributed by atoms with Gasteiger partial charge in [0.1, 0.15) is 0 Å². The molecule has 2 N–H and O–H groups in total. The van der Waals surface area contributed by atoms with E-state index in [-0.39, 0.29) is 6.02 Å². The molecule has 0 atom stereocenters. The van der Waals surface area contributed by atoms with E-state index >= 15 is 0 Å². The van der Waals surface area contributed by atoms with Crippen LogP contribution in [-0.2, 0) is 4.74 Å². The molecule has 7 nitrogen and oxygen atoms in total. The summed E-state index contributed by atoms with van der Waals surface area (Å²) in [6.07, 6.45) is 2.09. The van der Waals surface area contributed by atoms with E-state index in [0.29, 0.717) is 0 Å². The van der Waals surface area contributed by atoms with E-state index in [0.717, 1.165) is 18.6 Å². The fourth-order valence-electron chi connectivity index (χ4n) is 0.767. The SMILES string of the molecule is CCCCSNC(=O)NC(=NC(=O)N(C)C)OC. The third-order valence-electron chi connectivity index (χ3n) is 1.76. The van der Waals surface area contributed by atoms with Gasteiger partial charge >= 0.3 is 18.1 Å². The molecule has 0 unspecified atom stereocenters. The largest absolute Gasteiger partial charge is 0.468 e. The molecule has 0 aromatic carbocycles. The average molecular weight is 276 g/mol. The Morgan fingerprint density at radius 3 is 2.56 bits per heavy atom. The van der Waals surface area contributed by atoms with Crippen LogP contribution in [0.15, 0.2) is 4.99 Å². The van der Waals surface area contributed by atoms with Crippen molar-refractivity contribution in [2.24, 2.45) is 4.99 Å². The molecule has 4 amide bonds. The summed E-state index contributed by atoms with van der Waals surface area (Å²) in [6.45, 7) is 2.07. The summed E-state index contributed by atoms with van der Waals surface area (Å²) < 4.78 is 7.36. The smallest absolute Gasteiger partial charge is 0.347 e. The molecule has 0 heterocycles. The van der Waals surface area contributed by atoms with Crippen LogP contribution in [0.1, 0.15) is 19.8 Å². The maximum Gasteiger partial charge on any atom is 0.347 e. The number of nitrogens with one attached hydrogen (secondary N) is 2. The van der Waals surface area contributed by atoms with Crippen LogP contribution in [-0.4, -0.2) is 49.9 Å². The number of carbonyl (C=O) groups excluding carboxylic acids is 2. The molecule has 0 radical (unpaired) electrons. The van der Waals surface area contributed by atoms with Gasteiger partial charge in [-0.2, -0.15) is 0 Å².